The molecule has 2 fully saturated rings. The number of carboxylic acids is 1. The molecule has 112 valence electrons. The van der Waals surface area contributed by atoms with E-state index in [2.05, 4.69) is 24.4 Å². The Morgan fingerprint density at radius 1 is 1.38 bits per heavy atom. The fourth-order valence-corrected chi connectivity index (χ4v) is 4.37. The summed E-state index contributed by atoms with van der Waals surface area (Å²) in [5.74, 6) is 0.412. The van der Waals surface area contributed by atoms with Gasteiger partial charge in [-0.05, 0) is 42.6 Å². The maximum Gasteiger partial charge on any atom is 0.330 e. The molecule has 2 aliphatic rings. The Bertz CT molecular complexity index is 581. The molecular weight excluding hydrogens is 286 g/mol. The van der Waals surface area contributed by atoms with E-state index in [0.717, 1.165) is 12.2 Å². The fourth-order valence-electron chi connectivity index (χ4n) is 3.05. The van der Waals surface area contributed by atoms with Gasteiger partial charge in [-0.25, -0.2) is 4.79 Å². The van der Waals surface area contributed by atoms with Crippen LogP contribution in [0.4, 0.5) is 0 Å². The van der Waals surface area contributed by atoms with Crippen LogP contribution in [-0.4, -0.2) is 34.0 Å². The molecule has 0 spiro atoms. The average Bonchev–Trinajstić information content (AvgIpc) is 3.11. The van der Waals surface area contributed by atoms with E-state index < -0.39 is 11.5 Å². The van der Waals surface area contributed by atoms with Crippen LogP contribution >= 0.6 is 11.8 Å². The molecular formula is C16H19NO3S. The zero-order valence-corrected chi connectivity index (χ0v) is 12.8. The number of carbonyl (C=O) groups is 2. The second kappa shape index (κ2) is 5.37. The van der Waals surface area contributed by atoms with E-state index in [1.807, 2.05) is 12.1 Å². The Morgan fingerprint density at radius 3 is 2.76 bits per heavy atom. The Balaban J connectivity index is 1.68. The summed E-state index contributed by atoms with van der Waals surface area (Å²) in [4.78, 5) is 23.9. The maximum atomic E-state index is 12.4. The van der Waals surface area contributed by atoms with E-state index >= 15 is 0 Å². The summed E-state index contributed by atoms with van der Waals surface area (Å²) in [7, 11) is 0. The molecule has 1 aromatic rings. The number of rotatable bonds is 4. The van der Waals surface area contributed by atoms with Crippen LogP contribution in [0.25, 0.3) is 0 Å². The average molecular weight is 305 g/mol. The van der Waals surface area contributed by atoms with Crippen molar-refractivity contribution in [3.05, 3.63) is 35.4 Å². The molecule has 0 aromatic heterocycles. The normalized spacial score (nSPS) is 30.9. The third-order valence-electron chi connectivity index (χ3n) is 4.51. The van der Waals surface area contributed by atoms with Crippen LogP contribution in [0.5, 0.6) is 0 Å². The molecule has 3 unspecified atom stereocenters. The van der Waals surface area contributed by atoms with Crippen molar-refractivity contribution in [2.24, 2.45) is 5.92 Å². The standard InChI is InChI=1S/C16H19NO3S/c1-10-4-2-3-5-11(10)12-8-13(12)14(18)17-16(15(19)20)6-7-21-9-16/h2-5,12-13H,6-9H2,1H3,(H,17,18)(H,19,20). The monoisotopic (exact) mass is 305 g/mol. The molecule has 3 rings (SSSR count). The number of nitrogens with one attached hydrogen (secondary N) is 1. The first-order valence-electron chi connectivity index (χ1n) is 7.22. The van der Waals surface area contributed by atoms with Gasteiger partial charge in [0.2, 0.25) is 5.91 Å². The van der Waals surface area contributed by atoms with Crippen LogP contribution in [-0.2, 0) is 9.59 Å². The van der Waals surface area contributed by atoms with Gasteiger partial charge in [0, 0.05) is 11.7 Å². The molecule has 3 atom stereocenters. The quantitative estimate of drug-likeness (QED) is 0.895. The topological polar surface area (TPSA) is 66.4 Å². The van der Waals surface area contributed by atoms with Gasteiger partial charge >= 0.3 is 5.97 Å². The lowest BCUT2D eigenvalue weighted by Crippen LogP contribution is -2.55. The largest absolute Gasteiger partial charge is 0.479 e. The maximum absolute atomic E-state index is 12.4. The molecule has 0 bridgehead atoms. The Labute approximate surface area is 128 Å². The second-order valence-electron chi connectivity index (χ2n) is 5.98. The molecule has 1 amide bonds. The van der Waals surface area contributed by atoms with Crippen molar-refractivity contribution >= 4 is 23.6 Å². The minimum absolute atomic E-state index is 0.0760. The number of hydrogen-bond acceptors (Lipinski definition) is 3. The first-order valence-corrected chi connectivity index (χ1v) is 8.38. The number of thioether (sulfide) groups is 1. The van der Waals surface area contributed by atoms with Crippen molar-refractivity contribution in [3.8, 4) is 0 Å². The lowest BCUT2D eigenvalue weighted by Gasteiger charge is -2.24. The highest BCUT2D eigenvalue weighted by atomic mass is 32.2. The molecule has 5 heteroatoms. The number of aryl methyl sites for hydroxylation is 1. The van der Waals surface area contributed by atoms with E-state index in [4.69, 9.17) is 0 Å². The van der Waals surface area contributed by atoms with Crippen LogP contribution in [0.2, 0.25) is 0 Å². The number of amides is 1. The predicted octanol–water partition coefficient (Wildman–Crippen LogP) is 2.18. The SMILES string of the molecule is Cc1ccccc1C1CC1C(=O)NC1(C(=O)O)CCSC1. The zero-order chi connectivity index (χ0) is 15.0. The molecule has 1 saturated carbocycles. The lowest BCUT2D eigenvalue weighted by atomic mass is 9.98. The molecule has 1 saturated heterocycles. The molecule has 1 aromatic carbocycles. The van der Waals surface area contributed by atoms with Gasteiger partial charge in [0.25, 0.3) is 0 Å². The van der Waals surface area contributed by atoms with E-state index in [-0.39, 0.29) is 17.7 Å². The summed E-state index contributed by atoms with van der Waals surface area (Å²) in [5, 5.41) is 12.2. The third-order valence-corrected chi connectivity index (χ3v) is 5.70. The summed E-state index contributed by atoms with van der Waals surface area (Å²) in [6.45, 7) is 2.05. The minimum atomic E-state index is -1.05. The molecule has 1 heterocycles. The molecule has 1 aliphatic carbocycles. The first kappa shape index (κ1) is 14.4. The van der Waals surface area contributed by atoms with Gasteiger partial charge in [0.1, 0.15) is 5.54 Å². The summed E-state index contributed by atoms with van der Waals surface area (Å²) in [5.41, 5.74) is 1.35. The number of carboxylic acid groups (broad SMARTS) is 1. The first-order chi connectivity index (χ1) is 10.0. The van der Waals surface area contributed by atoms with Crippen LogP contribution < -0.4 is 5.32 Å². The highest BCUT2D eigenvalue weighted by Crippen LogP contribution is 2.49. The lowest BCUT2D eigenvalue weighted by molar-refractivity contribution is -0.146. The highest BCUT2D eigenvalue weighted by Gasteiger charge is 2.49. The number of aliphatic carboxylic acids is 1. The number of carbonyl (C=O) groups excluding carboxylic acids is 1. The van der Waals surface area contributed by atoms with Gasteiger partial charge in [0.05, 0.1) is 0 Å². The Morgan fingerprint density at radius 2 is 2.14 bits per heavy atom. The van der Waals surface area contributed by atoms with Crippen LogP contribution in [0, 0.1) is 12.8 Å². The van der Waals surface area contributed by atoms with Gasteiger partial charge < -0.3 is 10.4 Å². The minimum Gasteiger partial charge on any atom is -0.479 e. The van der Waals surface area contributed by atoms with Crippen LogP contribution in [0.1, 0.15) is 29.9 Å². The predicted molar refractivity (Wildman–Crippen MR) is 82.5 cm³/mol. The van der Waals surface area contributed by atoms with Crippen molar-refractivity contribution in [2.45, 2.75) is 31.2 Å². The summed E-state index contributed by atoms with van der Waals surface area (Å²) in [6.07, 6.45) is 1.33. The van der Waals surface area contributed by atoms with Crippen LogP contribution in [0.15, 0.2) is 24.3 Å². The second-order valence-corrected chi connectivity index (χ2v) is 7.09. The highest BCUT2D eigenvalue weighted by molar-refractivity contribution is 7.99. The summed E-state index contributed by atoms with van der Waals surface area (Å²) >= 11 is 1.59. The van der Waals surface area contributed by atoms with Gasteiger partial charge in [-0.1, -0.05) is 24.3 Å². The van der Waals surface area contributed by atoms with Crippen LogP contribution in [0.3, 0.4) is 0 Å². The van der Waals surface area contributed by atoms with Crippen molar-refractivity contribution in [3.63, 3.8) is 0 Å². The molecule has 4 nitrogen and oxygen atoms in total. The van der Waals surface area contributed by atoms with Gasteiger partial charge in [-0.15, -0.1) is 0 Å². The van der Waals surface area contributed by atoms with Crippen molar-refractivity contribution < 1.29 is 14.7 Å². The molecule has 1 aliphatic heterocycles. The zero-order valence-electron chi connectivity index (χ0n) is 12.0. The van der Waals surface area contributed by atoms with Crippen molar-refractivity contribution in [2.75, 3.05) is 11.5 Å². The van der Waals surface area contributed by atoms with Gasteiger partial charge in [-0.2, -0.15) is 11.8 Å². The van der Waals surface area contributed by atoms with E-state index in [0.29, 0.717) is 12.2 Å². The third kappa shape index (κ3) is 2.67. The van der Waals surface area contributed by atoms with E-state index in [9.17, 15) is 14.7 Å². The fraction of sp³-hybridized carbons (Fsp3) is 0.500. The van der Waals surface area contributed by atoms with Gasteiger partial charge in [0.15, 0.2) is 0 Å². The van der Waals surface area contributed by atoms with Gasteiger partial charge in [-0.3, -0.25) is 4.79 Å². The number of hydrogen-bond donors (Lipinski definition) is 2. The Kier molecular flexibility index (Phi) is 3.69. The Hall–Kier alpha value is -1.49. The molecule has 2 N–H and O–H groups in total. The number of benzene rings is 1. The summed E-state index contributed by atoms with van der Waals surface area (Å²) in [6, 6.07) is 8.09. The molecule has 0 radical (unpaired) electrons. The van der Waals surface area contributed by atoms with E-state index in [1.165, 1.54) is 11.1 Å². The summed E-state index contributed by atoms with van der Waals surface area (Å²) < 4.78 is 0. The van der Waals surface area contributed by atoms with Crippen molar-refractivity contribution in [1.82, 2.24) is 5.32 Å². The van der Waals surface area contributed by atoms with Crippen molar-refractivity contribution in [1.29, 1.82) is 0 Å². The molecule has 21 heavy (non-hydrogen) atoms. The van der Waals surface area contributed by atoms with E-state index in [1.54, 1.807) is 11.8 Å². The smallest absolute Gasteiger partial charge is 0.330 e.